The van der Waals surface area contributed by atoms with E-state index in [0.717, 1.165) is 25.9 Å². The van der Waals surface area contributed by atoms with Crippen LogP contribution in [-0.4, -0.2) is 70.9 Å². The number of primary amides is 1. The van der Waals surface area contributed by atoms with Crippen molar-refractivity contribution in [3.05, 3.63) is 39.4 Å². The molecule has 2 aliphatic heterocycles. The van der Waals surface area contributed by atoms with Gasteiger partial charge in [0.15, 0.2) is 11.6 Å². The first-order chi connectivity index (χ1) is 19.5. The van der Waals surface area contributed by atoms with Gasteiger partial charge in [0.1, 0.15) is 28.7 Å². The van der Waals surface area contributed by atoms with E-state index >= 15 is 4.39 Å². The van der Waals surface area contributed by atoms with Gasteiger partial charge in [-0.1, -0.05) is 6.92 Å². The molecule has 2 heterocycles. The molecule has 11 heteroatoms. The maximum Gasteiger partial charge on any atom is 0.255 e. The van der Waals surface area contributed by atoms with E-state index < -0.39 is 57.6 Å². The summed E-state index contributed by atoms with van der Waals surface area (Å²) in [4.78, 5) is 41.5. The van der Waals surface area contributed by atoms with E-state index in [1.807, 2.05) is 14.0 Å². The minimum Gasteiger partial charge on any atom is -0.511 e. The molecule has 1 saturated carbocycles. The molecule has 1 aromatic rings. The van der Waals surface area contributed by atoms with Crippen LogP contribution in [0, 0.1) is 29.0 Å². The first-order valence-corrected chi connectivity index (χ1v) is 14.5. The molecular weight excluding hydrogens is 531 g/mol. The number of benzene rings is 1. The molecule has 0 radical (unpaired) electrons. The lowest BCUT2D eigenvalue weighted by Crippen LogP contribution is -2.52. The zero-order valence-corrected chi connectivity index (χ0v) is 23.3. The van der Waals surface area contributed by atoms with Crippen molar-refractivity contribution in [2.45, 2.75) is 51.5 Å². The van der Waals surface area contributed by atoms with Gasteiger partial charge in [-0.15, -0.1) is 0 Å². The van der Waals surface area contributed by atoms with Crippen molar-refractivity contribution in [3.8, 4) is 5.75 Å². The number of amides is 1. The number of hydrogen-bond donors (Lipinski definition) is 6. The third-order valence-electron chi connectivity index (χ3n) is 10.1. The number of phenols is 1. The van der Waals surface area contributed by atoms with Crippen LogP contribution in [0.25, 0.3) is 5.76 Å². The van der Waals surface area contributed by atoms with Gasteiger partial charge in [0, 0.05) is 35.7 Å². The molecule has 6 rings (SSSR count). The Hall–Kier alpha value is -3.44. The van der Waals surface area contributed by atoms with E-state index in [2.05, 4.69) is 15.5 Å². The summed E-state index contributed by atoms with van der Waals surface area (Å²) >= 11 is 0. The summed E-state index contributed by atoms with van der Waals surface area (Å²) < 4.78 is 16.5. The molecule has 5 aliphatic rings. The molecule has 1 aromatic carbocycles. The van der Waals surface area contributed by atoms with Crippen LogP contribution >= 0.6 is 0 Å². The van der Waals surface area contributed by atoms with E-state index in [1.165, 1.54) is 0 Å². The fourth-order valence-corrected chi connectivity index (χ4v) is 8.34. The van der Waals surface area contributed by atoms with Crippen LogP contribution in [0.15, 0.2) is 16.9 Å². The first kappa shape index (κ1) is 27.7. The largest absolute Gasteiger partial charge is 0.511 e. The van der Waals surface area contributed by atoms with Gasteiger partial charge >= 0.3 is 0 Å². The number of aromatic hydroxyl groups is 1. The maximum absolute atomic E-state index is 16.5. The Morgan fingerprint density at radius 3 is 2.71 bits per heavy atom. The number of ketones is 2. The molecule has 10 nitrogen and oxygen atoms in total. The summed E-state index contributed by atoms with van der Waals surface area (Å²) in [6, 6.07) is -0.214. The molecule has 0 aromatic heterocycles. The molecule has 41 heavy (non-hydrogen) atoms. The molecule has 220 valence electrons. The predicted molar refractivity (Wildman–Crippen MR) is 149 cm³/mol. The molecule has 1 amide bonds. The normalized spacial score (nSPS) is 30.8. The Balaban J connectivity index is 1.50. The molecule has 0 bridgehead atoms. The van der Waals surface area contributed by atoms with E-state index in [9.17, 15) is 29.7 Å². The highest BCUT2D eigenvalue weighted by atomic mass is 19.1. The lowest BCUT2D eigenvalue weighted by Gasteiger charge is -2.50. The van der Waals surface area contributed by atoms with Gasteiger partial charge in [-0.3, -0.25) is 19.3 Å². The van der Waals surface area contributed by atoms with Gasteiger partial charge in [-0.2, -0.15) is 0 Å². The summed E-state index contributed by atoms with van der Waals surface area (Å²) in [5, 5.41) is 40.5. The molecule has 5 atom stereocenters. The minimum absolute atomic E-state index is 0.0225. The smallest absolute Gasteiger partial charge is 0.255 e. The number of aliphatic hydroxyl groups excluding tert-OH is 2. The number of nitrogens with two attached hydrogens (primary N) is 1. The summed E-state index contributed by atoms with van der Waals surface area (Å²) in [5.74, 6) is -6.09. The molecule has 7 N–H and O–H groups in total. The number of nitrogens with zero attached hydrogens (tertiary/aromatic N) is 1. The lowest BCUT2D eigenvalue weighted by molar-refractivity contribution is -0.133. The van der Waals surface area contributed by atoms with Crippen LogP contribution in [0.4, 0.5) is 10.1 Å². The third kappa shape index (κ3) is 3.92. The summed E-state index contributed by atoms with van der Waals surface area (Å²) in [5.41, 5.74) is 4.41. The number of carbonyl (C=O) groups excluding carboxylic acids is 3. The summed E-state index contributed by atoms with van der Waals surface area (Å²) in [7, 11) is 1.93. The number of phenolic OH excluding ortho intramolecular Hbond substituents is 1. The van der Waals surface area contributed by atoms with Crippen LogP contribution in [0.5, 0.6) is 5.75 Å². The Kier molecular flexibility index (Phi) is 6.65. The van der Waals surface area contributed by atoms with Crippen LogP contribution in [0.2, 0.25) is 0 Å². The standard InChI is InChI=1S/C30H37FN4O6/c1-3-6-33-7-5-30-10-14-9-15-18(28(40)23-20(22(15)31)24-13(12-34-23)4-8-35(24)2)25(37)17(14)26(38)21(30)27(39)19(29(32)41)16(36)11-30/h13-14,21,24,33-34,37,39-40H,3-12H2,1-2H3,(H2,32,41)/t13?,14-,21?,24?,30?/m0/s1. The Morgan fingerprint density at radius 2 is 2.00 bits per heavy atom. The van der Waals surface area contributed by atoms with Gasteiger partial charge in [0.25, 0.3) is 5.91 Å². The number of likely N-dealkylation sites (tertiary alicyclic amines) is 1. The first-order valence-electron chi connectivity index (χ1n) is 14.5. The number of nitrogens with one attached hydrogen (secondary N) is 2. The zero-order valence-electron chi connectivity index (χ0n) is 23.3. The van der Waals surface area contributed by atoms with Gasteiger partial charge in [-0.05, 0) is 76.0 Å². The number of anilines is 1. The highest BCUT2D eigenvalue weighted by molar-refractivity contribution is 6.21. The highest BCUT2D eigenvalue weighted by Crippen LogP contribution is 2.59. The fourth-order valence-electron chi connectivity index (χ4n) is 8.34. The Labute approximate surface area is 237 Å². The number of Topliss-reactive ketones (excluding diaryl/α,β-unsaturated/α-hetero) is 2. The number of carbonyl (C=O) groups is 3. The van der Waals surface area contributed by atoms with E-state index in [1.54, 1.807) is 0 Å². The zero-order chi connectivity index (χ0) is 29.4. The van der Waals surface area contributed by atoms with Crippen LogP contribution in [0.1, 0.15) is 61.8 Å². The number of hydrogen-bond acceptors (Lipinski definition) is 9. The van der Waals surface area contributed by atoms with E-state index in [4.69, 9.17) is 5.73 Å². The van der Waals surface area contributed by atoms with Gasteiger partial charge < -0.3 is 31.7 Å². The number of fused-ring (bicyclic) bond motifs is 6. The molecular formula is C30H37FN4O6. The number of halogens is 1. The second-order valence-electron chi connectivity index (χ2n) is 12.4. The topological polar surface area (TPSA) is 165 Å². The van der Waals surface area contributed by atoms with Crippen molar-refractivity contribution in [1.29, 1.82) is 0 Å². The van der Waals surface area contributed by atoms with Gasteiger partial charge in [0.2, 0.25) is 0 Å². The second kappa shape index (κ2) is 9.84. The lowest BCUT2D eigenvalue weighted by atomic mass is 9.52. The molecule has 1 saturated heterocycles. The van der Waals surface area contributed by atoms with Crippen molar-refractivity contribution < 1.29 is 34.1 Å². The maximum atomic E-state index is 16.5. The van der Waals surface area contributed by atoms with Crippen molar-refractivity contribution in [3.63, 3.8) is 0 Å². The molecule has 0 spiro atoms. The average molecular weight is 569 g/mol. The quantitative estimate of drug-likeness (QED) is 0.172. The third-order valence-corrected chi connectivity index (χ3v) is 10.1. The highest BCUT2D eigenvalue weighted by Gasteiger charge is 2.59. The van der Waals surface area contributed by atoms with Crippen molar-refractivity contribution >= 4 is 28.9 Å². The predicted octanol–water partition coefficient (Wildman–Crippen LogP) is 2.63. The molecule has 3 aliphatic carbocycles. The van der Waals surface area contributed by atoms with Crippen LogP contribution in [-0.2, 0) is 20.8 Å². The van der Waals surface area contributed by atoms with Crippen molar-refractivity contribution in [1.82, 2.24) is 10.2 Å². The van der Waals surface area contributed by atoms with E-state index in [0.29, 0.717) is 25.1 Å². The number of aliphatic hydroxyl groups is 2. The monoisotopic (exact) mass is 568 g/mol. The van der Waals surface area contributed by atoms with Gasteiger partial charge in [0.05, 0.1) is 17.2 Å². The second-order valence-corrected chi connectivity index (χ2v) is 12.4. The van der Waals surface area contributed by atoms with E-state index in [-0.39, 0.29) is 59.4 Å². The van der Waals surface area contributed by atoms with Crippen LogP contribution < -0.4 is 16.4 Å². The number of allylic oxidation sites excluding steroid dienone is 2. The average Bonchev–Trinajstić information content (AvgIpc) is 3.29. The van der Waals surface area contributed by atoms with Crippen molar-refractivity contribution in [2.75, 3.05) is 38.5 Å². The minimum atomic E-state index is -1.27. The Bertz CT molecular complexity index is 1440. The summed E-state index contributed by atoms with van der Waals surface area (Å²) in [6.07, 6.45) is 2.20. The molecule has 2 fully saturated rings. The SMILES string of the molecule is CCCNCCC12CC(=O)C(C(N)=O)=C(O)C1C(=O)C1=C(O)c3c(O)c4c(c(F)c3C[C@H]1C2)C1C(CCN1C)CN4. The number of rotatable bonds is 6. The van der Waals surface area contributed by atoms with Crippen molar-refractivity contribution in [2.24, 2.45) is 28.9 Å². The van der Waals surface area contributed by atoms with Gasteiger partial charge in [-0.25, -0.2) is 4.39 Å². The Morgan fingerprint density at radius 1 is 1.24 bits per heavy atom. The molecule has 4 unspecified atom stereocenters. The summed E-state index contributed by atoms with van der Waals surface area (Å²) in [6.45, 7) is 4.54. The fraction of sp³-hybridized carbons (Fsp3) is 0.567. The van der Waals surface area contributed by atoms with Crippen LogP contribution in [0.3, 0.4) is 0 Å².